The van der Waals surface area contributed by atoms with E-state index in [1.54, 1.807) is 0 Å². The zero-order valence-corrected chi connectivity index (χ0v) is 11.3. The molecule has 1 N–H and O–H groups in total. The van der Waals surface area contributed by atoms with Gasteiger partial charge in [0.1, 0.15) is 5.76 Å². The maximum absolute atomic E-state index is 5.81. The van der Waals surface area contributed by atoms with Crippen molar-refractivity contribution in [2.24, 2.45) is 0 Å². The summed E-state index contributed by atoms with van der Waals surface area (Å²) >= 11 is 0. The van der Waals surface area contributed by atoms with E-state index in [4.69, 9.17) is 4.42 Å². The molecule has 1 aromatic heterocycles. The first kappa shape index (κ1) is 12.6. The minimum atomic E-state index is 0.0436. The molecule has 4 nitrogen and oxygen atoms in total. The second-order valence-corrected chi connectivity index (χ2v) is 5.96. The Kier molecular flexibility index (Phi) is 3.54. The summed E-state index contributed by atoms with van der Waals surface area (Å²) in [5.74, 6) is 1.81. The maximum atomic E-state index is 5.81. The highest BCUT2D eigenvalue weighted by Crippen LogP contribution is 2.23. The van der Waals surface area contributed by atoms with Gasteiger partial charge < -0.3 is 9.73 Å². The van der Waals surface area contributed by atoms with Crippen molar-refractivity contribution in [2.45, 2.75) is 45.7 Å². The van der Waals surface area contributed by atoms with Crippen molar-refractivity contribution in [2.75, 3.05) is 19.6 Å². The van der Waals surface area contributed by atoms with Gasteiger partial charge in [0.15, 0.2) is 0 Å². The Morgan fingerprint density at radius 3 is 2.88 bits per heavy atom. The van der Waals surface area contributed by atoms with Crippen LogP contribution >= 0.6 is 0 Å². The first-order valence-corrected chi connectivity index (χ1v) is 6.36. The lowest BCUT2D eigenvalue weighted by Gasteiger charge is -2.30. The molecule has 4 heteroatoms. The maximum Gasteiger partial charge on any atom is 0.208 e. The minimum Gasteiger partial charge on any atom is -0.444 e. The molecule has 1 aliphatic rings. The molecule has 0 radical (unpaired) electrons. The molecule has 0 unspecified atom stereocenters. The molecule has 1 fully saturated rings. The Balaban J connectivity index is 1.97. The standard InChI is InChI=1S/C13H23N3O/c1-10-8-16(6-5-14-10)9-12-15-7-11(17-12)13(2,3)4/h7,10,14H,5-6,8-9H2,1-4H3/t10-/m0/s1. The van der Waals surface area contributed by atoms with Crippen LogP contribution in [0.4, 0.5) is 0 Å². The summed E-state index contributed by atoms with van der Waals surface area (Å²) in [5.41, 5.74) is 0.0436. The molecule has 96 valence electrons. The van der Waals surface area contributed by atoms with Crippen LogP contribution < -0.4 is 5.32 Å². The van der Waals surface area contributed by atoms with Crippen LogP contribution in [0.3, 0.4) is 0 Å². The van der Waals surface area contributed by atoms with Crippen LogP contribution in [0.15, 0.2) is 10.6 Å². The molecule has 1 saturated heterocycles. The van der Waals surface area contributed by atoms with Crippen molar-refractivity contribution in [3.05, 3.63) is 17.8 Å². The fraction of sp³-hybridized carbons (Fsp3) is 0.769. The predicted octanol–water partition coefficient (Wildman–Crippen LogP) is 1.77. The molecule has 2 heterocycles. The van der Waals surface area contributed by atoms with E-state index in [0.29, 0.717) is 6.04 Å². The lowest BCUT2D eigenvalue weighted by molar-refractivity contribution is 0.180. The van der Waals surface area contributed by atoms with Crippen molar-refractivity contribution in [1.82, 2.24) is 15.2 Å². The highest BCUT2D eigenvalue weighted by molar-refractivity contribution is 5.06. The molecule has 0 spiro atoms. The van der Waals surface area contributed by atoms with Gasteiger partial charge in [-0.25, -0.2) is 4.98 Å². The third kappa shape index (κ3) is 3.30. The molecule has 1 atom stereocenters. The molecule has 0 aromatic carbocycles. The van der Waals surface area contributed by atoms with E-state index in [9.17, 15) is 0 Å². The fourth-order valence-corrected chi connectivity index (χ4v) is 2.08. The summed E-state index contributed by atoms with van der Waals surface area (Å²) in [5, 5.41) is 3.43. The van der Waals surface area contributed by atoms with E-state index in [0.717, 1.165) is 37.8 Å². The van der Waals surface area contributed by atoms with Crippen LogP contribution in [-0.2, 0) is 12.0 Å². The normalized spacial score (nSPS) is 22.9. The van der Waals surface area contributed by atoms with Gasteiger partial charge in [-0.3, -0.25) is 4.90 Å². The van der Waals surface area contributed by atoms with Crippen LogP contribution in [0.25, 0.3) is 0 Å². The van der Waals surface area contributed by atoms with Gasteiger partial charge in [0.25, 0.3) is 0 Å². The Morgan fingerprint density at radius 2 is 2.29 bits per heavy atom. The van der Waals surface area contributed by atoms with E-state index in [1.807, 2.05) is 6.20 Å². The highest BCUT2D eigenvalue weighted by atomic mass is 16.4. The molecule has 1 aromatic rings. The van der Waals surface area contributed by atoms with Gasteiger partial charge in [-0.1, -0.05) is 20.8 Å². The Morgan fingerprint density at radius 1 is 1.53 bits per heavy atom. The third-order valence-corrected chi connectivity index (χ3v) is 3.10. The van der Waals surface area contributed by atoms with Gasteiger partial charge in [-0.05, 0) is 6.92 Å². The lowest BCUT2D eigenvalue weighted by Crippen LogP contribution is -2.48. The Labute approximate surface area is 103 Å². The van der Waals surface area contributed by atoms with Crippen LogP contribution in [0.2, 0.25) is 0 Å². The predicted molar refractivity (Wildman–Crippen MR) is 67.9 cm³/mol. The summed E-state index contributed by atoms with van der Waals surface area (Å²) in [4.78, 5) is 6.76. The first-order valence-electron chi connectivity index (χ1n) is 6.36. The number of aromatic nitrogens is 1. The minimum absolute atomic E-state index is 0.0436. The average molecular weight is 237 g/mol. The molecular weight excluding hydrogens is 214 g/mol. The van der Waals surface area contributed by atoms with E-state index in [1.165, 1.54) is 0 Å². The first-order chi connectivity index (χ1) is 7.95. The largest absolute Gasteiger partial charge is 0.444 e. The van der Waals surface area contributed by atoms with Gasteiger partial charge in [0.2, 0.25) is 5.89 Å². The topological polar surface area (TPSA) is 41.3 Å². The average Bonchev–Trinajstić information content (AvgIpc) is 2.65. The zero-order valence-electron chi connectivity index (χ0n) is 11.3. The quantitative estimate of drug-likeness (QED) is 0.851. The number of nitrogens with zero attached hydrogens (tertiary/aromatic N) is 2. The molecule has 0 saturated carbocycles. The summed E-state index contributed by atoms with van der Waals surface area (Å²) in [6.45, 7) is 12.6. The Bertz CT molecular complexity index is 367. The molecule has 17 heavy (non-hydrogen) atoms. The van der Waals surface area contributed by atoms with Crippen molar-refractivity contribution in [3.63, 3.8) is 0 Å². The number of nitrogens with one attached hydrogen (secondary N) is 1. The monoisotopic (exact) mass is 237 g/mol. The van der Waals surface area contributed by atoms with Gasteiger partial charge in [-0.2, -0.15) is 0 Å². The van der Waals surface area contributed by atoms with E-state index in [2.05, 4.69) is 42.9 Å². The molecule has 0 amide bonds. The van der Waals surface area contributed by atoms with Gasteiger partial charge in [0.05, 0.1) is 12.7 Å². The number of rotatable bonds is 2. The van der Waals surface area contributed by atoms with Crippen LogP contribution in [0.5, 0.6) is 0 Å². The molecule has 0 aliphatic carbocycles. The summed E-state index contributed by atoms with van der Waals surface area (Å²) < 4.78 is 5.81. The number of piperazine rings is 1. The second-order valence-electron chi connectivity index (χ2n) is 5.96. The zero-order chi connectivity index (χ0) is 12.5. The van der Waals surface area contributed by atoms with Gasteiger partial charge in [0, 0.05) is 31.1 Å². The van der Waals surface area contributed by atoms with Crippen molar-refractivity contribution < 1.29 is 4.42 Å². The molecule has 0 bridgehead atoms. The van der Waals surface area contributed by atoms with Gasteiger partial charge >= 0.3 is 0 Å². The summed E-state index contributed by atoms with van der Waals surface area (Å²) in [6, 6.07) is 0.556. The van der Waals surface area contributed by atoms with Crippen LogP contribution in [0, 0.1) is 0 Å². The smallest absolute Gasteiger partial charge is 0.208 e. The van der Waals surface area contributed by atoms with Crippen LogP contribution in [0.1, 0.15) is 39.3 Å². The molecular formula is C13H23N3O. The third-order valence-electron chi connectivity index (χ3n) is 3.10. The number of hydrogen-bond donors (Lipinski definition) is 1. The fourth-order valence-electron chi connectivity index (χ4n) is 2.08. The SMILES string of the molecule is C[C@H]1CN(Cc2ncc(C(C)(C)C)o2)CCN1. The van der Waals surface area contributed by atoms with Crippen molar-refractivity contribution in [1.29, 1.82) is 0 Å². The van der Waals surface area contributed by atoms with Crippen LogP contribution in [-0.4, -0.2) is 35.6 Å². The lowest BCUT2D eigenvalue weighted by atomic mass is 9.94. The molecule has 1 aliphatic heterocycles. The van der Waals surface area contributed by atoms with E-state index >= 15 is 0 Å². The summed E-state index contributed by atoms with van der Waals surface area (Å²) in [6.07, 6.45) is 1.86. The highest BCUT2D eigenvalue weighted by Gasteiger charge is 2.21. The molecule has 2 rings (SSSR count). The van der Waals surface area contributed by atoms with Gasteiger partial charge in [-0.15, -0.1) is 0 Å². The Hall–Kier alpha value is -0.870. The van der Waals surface area contributed by atoms with E-state index in [-0.39, 0.29) is 5.41 Å². The van der Waals surface area contributed by atoms with Crippen molar-refractivity contribution in [3.8, 4) is 0 Å². The number of hydrogen-bond acceptors (Lipinski definition) is 4. The number of oxazole rings is 1. The van der Waals surface area contributed by atoms with Crippen molar-refractivity contribution >= 4 is 0 Å². The second kappa shape index (κ2) is 4.78. The summed E-state index contributed by atoms with van der Waals surface area (Å²) in [7, 11) is 0. The van der Waals surface area contributed by atoms with E-state index < -0.39 is 0 Å².